The van der Waals surface area contributed by atoms with Crippen LogP contribution in [0.2, 0.25) is 0 Å². The molecule has 0 saturated heterocycles. The highest BCUT2D eigenvalue weighted by Gasteiger charge is 2.06. The molecule has 0 fully saturated rings. The van der Waals surface area contributed by atoms with E-state index in [0.29, 0.717) is 23.5 Å². The zero-order chi connectivity index (χ0) is 18.1. The molecule has 0 heterocycles. The molecule has 25 heavy (non-hydrogen) atoms. The summed E-state index contributed by atoms with van der Waals surface area (Å²) < 4.78 is 18.1. The number of halogens is 1. The molecule has 2 amide bonds. The summed E-state index contributed by atoms with van der Waals surface area (Å²) in [7, 11) is 0. The number of hydrogen-bond acceptors (Lipinski definition) is 3. The molecule has 6 heteroatoms. The van der Waals surface area contributed by atoms with E-state index in [1.165, 1.54) is 36.4 Å². The van der Waals surface area contributed by atoms with E-state index < -0.39 is 11.8 Å². The lowest BCUT2D eigenvalue weighted by atomic mass is 10.2. The van der Waals surface area contributed by atoms with Crippen molar-refractivity contribution in [1.29, 1.82) is 0 Å². The summed E-state index contributed by atoms with van der Waals surface area (Å²) in [4.78, 5) is 23.6. The van der Waals surface area contributed by atoms with Crippen LogP contribution >= 0.6 is 0 Å². The molecule has 0 radical (unpaired) electrons. The number of nitrogens with one attached hydrogen (secondary N) is 2. The van der Waals surface area contributed by atoms with Crippen molar-refractivity contribution in [2.24, 2.45) is 0 Å². The molecule has 0 bridgehead atoms. The second-order valence-electron chi connectivity index (χ2n) is 4.95. The van der Waals surface area contributed by atoms with Crippen LogP contribution in [0.5, 0.6) is 5.75 Å². The van der Waals surface area contributed by atoms with Crippen LogP contribution in [0.3, 0.4) is 0 Å². The highest BCUT2D eigenvalue weighted by atomic mass is 19.1. The summed E-state index contributed by atoms with van der Waals surface area (Å²) in [5.41, 5.74) is 5.60. The van der Waals surface area contributed by atoms with Gasteiger partial charge in [-0.2, -0.15) is 0 Å². The number of carbonyl (C=O) groups excluding carboxylic acids is 2. The van der Waals surface area contributed by atoms with Crippen LogP contribution in [0.4, 0.5) is 4.39 Å². The second kappa shape index (κ2) is 9.02. The van der Waals surface area contributed by atoms with Crippen molar-refractivity contribution in [1.82, 2.24) is 10.9 Å². The molecule has 0 aliphatic rings. The molecular formula is C19H17FN2O3. The summed E-state index contributed by atoms with van der Waals surface area (Å²) in [5, 5.41) is 0. The van der Waals surface area contributed by atoms with Crippen molar-refractivity contribution < 1.29 is 18.7 Å². The van der Waals surface area contributed by atoms with Crippen LogP contribution < -0.4 is 15.6 Å². The second-order valence-corrected chi connectivity index (χ2v) is 4.95. The largest absolute Gasteiger partial charge is 0.490 e. The Balaban J connectivity index is 1.83. The van der Waals surface area contributed by atoms with E-state index in [1.54, 1.807) is 30.3 Å². The van der Waals surface area contributed by atoms with Crippen molar-refractivity contribution >= 4 is 17.9 Å². The zero-order valence-electron chi connectivity index (χ0n) is 13.4. The van der Waals surface area contributed by atoms with Crippen molar-refractivity contribution in [3.05, 3.63) is 84.2 Å². The summed E-state index contributed by atoms with van der Waals surface area (Å²) in [5.74, 6) is -0.708. The van der Waals surface area contributed by atoms with Gasteiger partial charge in [0, 0.05) is 11.6 Å². The van der Waals surface area contributed by atoms with E-state index in [2.05, 4.69) is 17.4 Å². The van der Waals surface area contributed by atoms with Gasteiger partial charge in [0.25, 0.3) is 11.8 Å². The van der Waals surface area contributed by atoms with Gasteiger partial charge in [0.05, 0.1) is 0 Å². The average molecular weight is 340 g/mol. The Morgan fingerprint density at radius 1 is 1.04 bits per heavy atom. The van der Waals surface area contributed by atoms with E-state index in [4.69, 9.17) is 4.74 Å². The van der Waals surface area contributed by atoms with Crippen LogP contribution in [-0.2, 0) is 4.79 Å². The van der Waals surface area contributed by atoms with Gasteiger partial charge in [-0.15, -0.1) is 0 Å². The summed E-state index contributed by atoms with van der Waals surface area (Å²) >= 11 is 0. The molecule has 0 aliphatic carbocycles. The normalized spacial score (nSPS) is 10.3. The van der Waals surface area contributed by atoms with E-state index in [9.17, 15) is 14.0 Å². The Bertz CT molecular complexity index is 768. The number of rotatable bonds is 6. The molecule has 0 unspecified atom stereocenters. The molecule has 2 N–H and O–H groups in total. The van der Waals surface area contributed by atoms with Crippen molar-refractivity contribution in [2.45, 2.75) is 0 Å². The summed E-state index contributed by atoms with van der Waals surface area (Å²) in [6.07, 6.45) is 4.36. The predicted molar refractivity (Wildman–Crippen MR) is 93.2 cm³/mol. The predicted octanol–water partition coefficient (Wildman–Crippen LogP) is 2.86. The van der Waals surface area contributed by atoms with Gasteiger partial charge in [0.1, 0.15) is 18.2 Å². The maximum atomic E-state index is 12.8. The minimum atomic E-state index is -0.511. The average Bonchev–Trinajstić information content (AvgIpc) is 2.64. The lowest BCUT2D eigenvalue weighted by molar-refractivity contribution is -0.117. The van der Waals surface area contributed by atoms with Gasteiger partial charge in [-0.05, 0) is 48.0 Å². The molecule has 2 aromatic carbocycles. The molecule has 128 valence electrons. The van der Waals surface area contributed by atoms with E-state index in [0.717, 1.165) is 0 Å². The molecule has 0 spiro atoms. The SMILES string of the molecule is C=CCOc1ccc(C(=O)NNC(=O)C=Cc2ccc(F)cc2)cc1. The first kappa shape index (κ1) is 17.9. The van der Waals surface area contributed by atoms with Gasteiger partial charge in [-0.25, -0.2) is 4.39 Å². The Morgan fingerprint density at radius 2 is 1.72 bits per heavy atom. The lowest BCUT2D eigenvalue weighted by Crippen LogP contribution is -2.40. The number of benzene rings is 2. The first-order chi connectivity index (χ1) is 12.1. The zero-order valence-corrected chi connectivity index (χ0v) is 13.4. The number of hydrazine groups is 1. The van der Waals surface area contributed by atoms with Gasteiger partial charge < -0.3 is 4.74 Å². The minimum absolute atomic E-state index is 0.352. The fourth-order valence-electron chi connectivity index (χ4n) is 1.84. The Labute approximate surface area is 144 Å². The maximum absolute atomic E-state index is 12.8. The molecule has 0 aromatic heterocycles. The molecule has 0 atom stereocenters. The smallest absolute Gasteiger partial charge is 0.269 e. The van der Waals surface area contributed by atoms with E-state index >= 15 is 0 Å². The maximum Gasteiger partial charge on any atom is 0.269 e. The third kappa shape index (κ3) is 5.95. The minimum Gasteiger partial charge on any atom is -0.490 e. The standard InChI is InChI=1S/C19H17FN2O3/c1-2-13-25-17-10-6-15(7-11-17)19(24)22-21-18(23)12-5-14-3-8-16(20)9-4-14/h2-12H,1,13H2,(H,21,23)(H,22,24). The van der Waals surface area contributed by atoms with Crippen molar-refractivity contribution in [3.8, 4) is 5.75 Å². The molecule has 5 nitrogen and oxygen atoms in total. The lowest BCUT2D eigenvalue weighted by Gasteiger charge is -2.07. The third-order valence-corrected chi connectivity index (χ3v) is 3.08. The van der Waals surface area contributed by atoms with Crippen LogP contribution in [0.1, 0.15) is 15.9 Å². The van der Waals surface area contributed by atoms with Gasteiger partial charge in [0.2, 0.25) is 0 Å². The monoisotopic (exact) mass is 340 g/mol. The Kier molecular flexibility index (Phi) is 6.47. The van der Waals surface area contributed by atoms with Crippen molar-refractivity contribution in [3.63, 3.8) is 0 Å². The first-order valence-corrected chi connectivity index (χ1v) is 7.46. The van der Waals surface area contributed by atoms with Crippen LogP contribution in [0.25, 0.3) is 6.08 Å². The van der Waals surface area contributed by atoms with Crippen LogP contribution in [-0.4, -0.2) is 18.4 Å². The quantitative estimate of drug-likeness (QED) is 0.483. The molecule has 2 rings (SSSR count). The highest BCUT2D eigenvalue weighted by Crippen LogP contribution is 2.12. The number of hydrogen-bond donors (Lipinski definition) is 2. The summed E-state index contributed by atoms with van der Waals surface area (Å²) in [6.45, 7) is 3.93. The number of ether oxygens (including phenoxy) is 1. The highest BCUT2D eigenvalue weighted by molar-refractivity contribution is 5.97. The van der Waals surface area contributed by atoms with Gasteiger partial charge in [-0.3, -0.25) is 20.4 Å². The number of amides is 2. The van der Waals surface area contributed by atoms with E-state index in [1.807, 2.05) is 0 Å². The molecule has 0 aliphatic heterocycles. The number of carbonyl (C=O) groups is 2. The van der Waals surface area contributed by atoms with Gasteiger partial charge >= 0.3 is 0 Å². The summed E-state index contributed by atoms with van der Waals surface area (Å²) in [6, 6.07) is 12.1. The molecule has 2 aromatic rings. The van der Waals surface area contributed by atoms with Gasteiger partial charge in [0.15, 0.2) is 0 Å². The topological polar surface area (TPSA) is 67.4 Å². The van der Waals surface area contributed by atoms with Gasteiger partial charge in [-0.1, -0.05) is 24.8 Å². The fraction of sp³-hybridized carbons (Fsp3) is 0.0526. The molecule has 0 saturated carbocycles. The van der Waals surface area contributed by atoms with Crippen LogP contribution in [0.15, 0.2) is 67.3 Å². The fourth-order valence-corrected chi connectivity index (χ4v) is 1.84. The first-order valence-electron chi connectivity index (χ1n) is 7.46. The molecular weight excluding hydrogens is 323 g/mol. The Hall–Kier alpha value is -3.41. The third-order valence-electron chi connectivity index (χ3n) is 3.08. The van der Waals surface area contributed by atoms with E-state index in [-0.39, 0.29) is 5.82 Å². The van der Waals surface area contributed by atoms with Crippen molar-refractivity contribution in [2.75, 3.05) is 6.61 Å². The van der Waals surface area contributed by atoms with Crippen LogP contribution in [0, 0.1) is 5.82 Å². The Morgan fingerprint density at radius 3 is 2.36 bits per heavy atom.